The Morgan fingerprint density at radius 3 is 2.81 bits per heavy atom. The van der Waals surface area contributed by atoms with Crippen molar-refractivity contribution in [2.75, 3.05) is 51.4 Å². The first kappa shape index (κ1) is 23.9. The zero-order chi connectivity index (χ0) is 20.9. The van der Waals surface area contributed by atoms with Gasteiger partial charge in [-0.2, -0.15) is 0 Å². The number of hydrogen-bond acceptors (Lipinski definition) is 7. The van der Waals surface area contributed by atoms with E-state index in [9.17, 15) is 4.79 Å². The lowest BCUT2D eigenvalue weighted by Gasteiger charge is -2.27. The lowest BCUT2D eigenvalue weighted by molar-refractivity contribution is -0.118. The Morgan fingerprint density at radius 1 is 1.29 bits per heavy atom. The number of aromatic nitrogens is 1. The van der Waals surface area contributed by atoms with Gasteiger partial charge < -0.3 is 9.47 Å². The van der Waals surface area contributed by atoms with Crippen molar-refractivity contribution in [2.24, 2.45) is 0 Å². The number of anilines is 1. The molecule has 168 valence electrons. The van der Waals surface area contributed by atoms with Gasteiger partial charge in [0.1, 0.15) is 11.3 Å². The van der Waals surface area contributed by atoms with E-state index in [1.807, 2.05) is 34.5 Å². The molecule has 0 aliphatic carbocycles. The second-order valence-corrected chi connectivity index (χ2v) is 9.38. The first-order valence-electron chi connectivity index (χ1n) is 10.2. The highest BCUT2D eigenvalue weighted by atomic mass is 35.5. The predicted octanol–water partition coefficient (Wildman–Crippen LogP) is 4.39. The van der Waals surface area contributed by atoms with E-state index in [-0.39, 0.29) is 18.3 Å². The Morgan fingerprint density at radius 2 is 2.10 bits per heavy atom. The smallest absolute Gasteiger partial charge is 0.234 e. The fourth-order valence-corrected chi connectivity index (χ4v) is 5.43. The molecule has 9 heteroatoms. The molecule has 1 saturated heterocycles. The maximum absolute atomic E-state index is 13.2. The lowest BCUT2D eigenvalue weighted by Crippen LogP contribution is -2.39. The molecule has 3 aromatic rings. The van der Waals surface area contributed by atoms with Gasteiger partial charge in [0.15, 0.2) is 5.13 Å². The molecule has 1 aliphatic heterocycles. The third-order valence-electron chi connectivity index (χ3n) is 5.31. The molecule has 31 heavy (non-hydrogen) atoms. The summed E-state index contributed by atoms with van der Waals surface area (Å²) in [5.74, 6) is 0.840. The monoisotopic (exact) mass is 481 g/mol. The summed E-state index contributed by atoms with van der Waals surface area (Å²) in [6.45, 7) is 7.18. The van der Waals surface area contributed by atoms with Crippen LogP contribution in [0.25, 0.3) is 10.2 Å². The molecule has 1 aliphatic rings. The van der Waals surface area contributed by atoms with Crippen LogP contribution in [0, 0.1) is 6.92 Å². The van der Waals surface area contributed by atoms with Gasteiger partial charge in [-0.15, -0.1) is 23.7 Å². The Balaban J connectivity index is 0.00000272. The van der Waals surface area contributed by atoms with Gasteiger partial charge in [-0.3, -0.25) is 14.6 Å². The van der Waals surface area contributed by atoms with E-state index in [0.717, 1.165) is 70.8 Å². The van der Waals surface area contributed by atoms with E-state index in [1.165, 1.54) is 0 Å². The number of halogens is 1. The number of amides is 1. The Hall–Kier alpha value is -1.71. The SMILES string of the molecule is COc1ccc(C)c2sc(N(CCCN3CCOCC3)C(=O)Cc3cccs3)nc12.Cl. The fraction of sp³-hybridized carbons (Fsp3) is 0.455. The number of aryl methyl sites for hydroxylation is 1. The normalized spacial score (nSPS) is 14.4. The molecule has 1 aromatic carbocycles. The van der Waals surface area contributed by atoms with Gasteiger partial charge in [0.2, 0.25) is 5.91 Å². The molecular formula is C22H28ClN3O3S2. The highest BCUT2D eigenvalue weighted by Gasteiger charge is 2.22. The van der Waals surface area contributed by atoms with Crippen LogP contribution in [-0.2, 0) is 16.0 Å². The highest BCUT2D eigenvalue weighted by molar-refractivity contribution is 7.22. The van der Waals surface area contributed by atoms with Crippen molar-refractivity contribution in [2.45, 2.75) is 19.8 Å². The van der Waals surface area contributed by atoms with E-state index in [2.05, 4.69) is 11.8 Å². The van der Waals surface area contributed by atoms with Gasteiger partial charge in [-0.1, -0.05) is 23.5 Å². The minimum absolute atomic E-state index is 0. The molecule has 3 heterocycles. The first-order chi connectivity index (χ1) is 14.7. The van der Waals surface area contributed by atoms with Gasteiger partial charge in [0.05, 0.1) is 31.4 Å². The van der Waals surface area contributed by atoms with Gasteiger partial charge >= 0.3 is 0 Å². The molecular weight excluding hydrogens is 454 g/mol. The second kappa shape index (κ2) is 11.2. The maximum Gasteiger partial charge on any atom is 0.234 e. The Bertz CT molecular complexity index is 987. The number of carbonyl (C=O) groups is 1. The van der Waals surface area contributed by atoms with Gasteiger partial charge in [-0.05, 0) is 36.4 Å². The molecule has 0 unspecified atom stereocenters. The molecule has 0 radical (unpaired) electrons. The Labute approximate surface area is 197 Å². The first-order valence-corrected chi connectivity index (χ1v) is 11.9. The maximum atomic E-state index is 13.2. The zero-order valence-electron chi connectivity index (χ0n) is 17.8. The van der Waals surface area contributed by atoms with Crippen molar-refractivity contribution in [3.05, 3.63) is 40.1 Å². The van der Waals surface area contributed by atoms with E-state index >= 15 is 0 Å². The topological polar surface area (TPSA) is 54.9 Å². The molecule has 0 saturated carbocycles. The molecule has 0 N–H and O–H groups in total. The molecule has 6 nitrogen and oxygen atoms in total. The van der Waals surface area contributed by atoms with Crippen LogP contribution in [0.1, 0.15) is 16.9 Å². The van der Waals surface area contributed by atoms with Crippen molar-refractivity contribution in [3.8, 4) is 5.75 Å². The number of ether oxygens (including phenoxy) is 2. The van der Waals surface area contributed by atoms with Crippen LogP contribution < -0.4 is 9.64 Å². The molecule has 2 aromatic heterocycles. The second-order valence-electron chi connectivity index (χ2n) is 7.37. The van der Waals surface area contributed by atoms with Crippen LogP contribution in [0.5, 0.6) is 5.75 Å². The van der Waals surface area contributed by atoms with Crippen molar-refractivity contribution in [1.82, 2.24) is 9.88 Å². The van der Waals surface area contributed by atoms with Crippen molar-refractivity contribution < 1.29 is 14.3 Å². The lowest BCUT2D eigenvalue weighted by atomic mass is 10.2. The number of fused-ring (bicyclic) bond motifs is 1. The average Bonchev–Trinajstić information content (AvgIpc) is 3.43. The number of nitrogens with zero attached hydrogens (tertiary/aromatic N) is 3. The number of thiophene rings is 1. The van der Waals surface area contributed by atoms with Gasteiger partial charge in [0.25, 0.3) is 0 Å². The number of carbonyl (C=O) groups excluding carboxylic acids is 1. The minimum Gasteiger partial charge on any atom is -0.494 e. The van der Waals surface area contributed by atoms with Crippen molar-refractivity contribution in [3.63, 3.8) is 0 Å². The predicted molar refractivity (Wildman–Crippen MR) is 130 cm³/mol. The number of rotatable bonds is 8. The summed E-state index contributed by atoms with van der Waals surface area (Å²) < 4.78 is 12.0. The third kappa shape index (κ3) is 5.75. The van der Waals surface area contributed by atoms with Crippen LogP contribution >= 0.6 is 35.1 Å². The molecule has 1 amide bonds. The third-order valence-corrected chi connectivity index (χ3v) is 7.40. The summed E-state index contributed by atoms with van der Waals surface area (Å²) in [5.41, 5.74) is 1.98. The summed E-state index contributed by atoms with van der Waals surface area (Å²) in [6, 6.07) is 7.98. The van der Waals surface area contributed by atoms with E-state index in [4.69, 9.17) is 14.5 Å². The fourth-order valence-electron chi connectivity index (χ4n) is 3.64. The van der Waals surface area contributed by atoms with Crippen molar-refractivity contribution >= 4 is 56.3 Å². The summed E-state index contributed by atoms with van der Waals surface area (Å²) in [5, 5.41) is 2.76. The molecule has 1 fully saturated rings. The minimum atomic E-state index is 0. The summed E-state index contributed by atoms with van der Waals surface area (Å²) in [6.07, 6.45) is 1.31. The number of methoxy groups -OCH3 is 1. The van der Waals surface area contributed by atoms with Crippen LogP contribution in [0.15, 0.2) is 29.6 Å². The van der Waals surface area contributed by atoms with Gasteiger partial charge in [0, 0.05) is 31.1 Å². The van der Waals surface area contributed by atoms with Crippen molar-refractivity contribution in [1.29, 1.82) is 0 Å². The van der Waals surface area contributed by atoms with Crippen LogP contribution in [-0.4, -0.2) is 62.3 Å². The van der Waals surface area contributed by atoms with Gasteiger partial charge in [-0.25, -0.2) is 4.98 Å². The molecule has 0 spiro atoms. The number of thiazole rings is 1. The molecule has 0 bridgehead atoms. The average molecular weight is 482 g/mol. The molecule has 4 rings (SSSR count). The Kier molecular flexibility index (Phi) is 8.68. The van der Waals surface area contributed by atoms with Crippen LogP contribution in [0.3, 0.4) is 0 Å². The quantitative estimate of drug-likeness (QED) is 0.477. The van der Waals surface area contributed by atoms with Crippen LogP contribution in [0.2, 0.25) is 0 Å². The summed E-state index contributed by atoms with van der Waals surface area (Å²) in [7, 11) is 1.66. The number of benzene rings is 1. The number of morpholine rings is 1. The number of hydrogen-bond donors (Lipinski definition) is 0. The largest absolute Gasteiger partial charge is 0.494 e. The summed E-state index contributed by atoms with van der Waals surface area (Å²) >= 11 is 3.19. The van der Waals surface area contributed by atoms with E-state index in [1.54, 1.807) is 29.8 Å². The highest BCUT2D eigenvalue weighted by Crippen LogP contribution is 2.36. The molecule has 0 atom stereocenters. The van der Waals surface area contributed by atoms with E-state index in [0.29, 0.717) is 13.0 Å². The van der Waals surface area contributed by atoms with Crippen LogP contribution in [0.4, 0.5) is 5.13 Å². The standard InChI is InChI=1S/C22H27N3O3S2.ClH/c1-16-6-7-18(27-2)20-21(16)30-22(23-20)25(19(26)15-17-5-3-14-29-17)9-4-8-24-10-12-28-13-11-24;/h3,5-7,14H,4,8-13,15H2,1-2H3;1H. The summed E-state index contributed by atoms with van der Waals surface area (Å²) in [4.78, 5) is 23.4. The zero-order valence-corrected chi connectivity index (χ0v) is 20.3. The van der Waals surface area contributed by atoms with E-state index < -0.39 is 0 Å².